The number of hydrogen-bond donors (Lipinski definition) is 2. The van der Waals surface area contributed by atoms with E-state index in [9.17, 15) is 13.2 Å². The van der Waals surface area contributed by atoms with Crippen LogP contribution in [-0.2, 0) is 17.5 Å². The van der Waals surface area contributed by atoms with E-state index >= 15 is 0 Å². The van der Waals surface area contributed by atoms with Crippen molar-refractivity contribution in [1.82, 2.24) is 19.5 Å². The van der Waals surface area contributed by atoms with Gasteiger partial charge < -0.3 is 15.8 Å². The van der Waals surface area contributed by atoms with Gasteiger partial charge in [0, 0.05) is 18.9 Å². The monoisotopic (exact) mass is 414 g/mol. The highest BCUT2D eigenvalue weighted by atomic mass is 19.4. The van der Waals surface area contributed by atoms with Crippen molar-refractivity contribution >= 4 is 28.5 Å². The van der Waals surface area contributed by atoms with Crippen molar-refractivity contribution in [3.63, 3.8) is 0 Å². The first-order valence-corrected chi connectivity index (χ1v) is 8.89. The average molecular weight is 414 g/mol. The van der Waals surface area contributed by atoms with Crippen LogP contribution in [0.2, 0.25) is 0 Å². The molecule has 0 bridgehead atoms. The van der Waals surface area contributed by atoms with Gasteiger partial charge in [-0.1, -0.05) is 12.1 Å². The quantitative estimate of drug-likeness (QED) is 0.506. The van der Waals surface area contributed by atoms with Crippen LogP contribution in [0.3, 0.4) is 0 Å². The molecule has 4 rings (SSSR count). The van der Waals surface area contributed by atoms with E-state index in [1.165, 1.54) is 12.1 Å². The Kier molecular flexibility index (Phi) is 5.00. The van der Waals surface area contributed by atoms with Gasteiger partial charge in [-0.2, -0.15) is 23.1 Å². The summed E-state index contributed by atoms with van der Waals surface area (Å²) in [5, 5.41) is 2.89. The largest absolute Gasteiger partial charge is 0.416 e. The second kappa shape index (κ2) is 7.64. The first kappa shape index (κ1) is 19.6. The van der Waals surface area contributed by atoms with E-state index in [1.54, 1.807) is 17.7 Å². The third-order valence-corrected chi connectivity index (χ3v) is 4.33. The molecule has 2 heterocycles. The fourth-order valence-corrected chi connectivity index (χ4v) is 3.05. The van der Waals surface area contributed by atoms with Crippen LogP contribution >= 0.6 is 0 Å². The van der Waals surface area contributed by atoms with Crippen LogP contribution in [0.4, 0.5) is 30.6 Å². The summed E-state index contributed by atoms with van der Waals surface area (Å²) in [6.07, 6.45) is -4.40. The van der Waals surface area contributed by atoms with Crippen LogP contribution in [0, 0.1) is 0 Å². The number of fused-ring (bicyclic) bond motifs is 1. The number of benzene rings is 2. The molecule has 0 saturated heterocycles. The molecule has 4 aromatic rings. The fraction of sp³-hybridized carbons (Fsp3) is 0.150. The minimum Gasteiger partial charge on any atom is -0.383 e. The topological polar surface area (TPSA) is 90.9 Å². The molecule has 0 saturated carbocycles. The van der Waals surface area contributed by atoms with Crippen molar-refractivity contribution in [3.05, 3.63) is 66.0 Å². The maximum absolute atomic E-state index is 12.8. The molecule has 3 N–H and O–H groups in total. The van der Waals surface area contributed by atoms with E-state index < -0.39 is 11.7 Å². The molecule has 154 valence electrons. The molecule has 0 amide bonds. The zero-order valence-electron chi connectivity index (χ0n) is 15.8. The molecule has 10 heteroatoms. The standard InChI is InChI=1S/C20H17F3N6O/c1-30-11-18-26-14-4-2-3-5-15(14)29(18)17-10-16(24)27-19(28-17)25-13-8-6-12(7-9-13)20(21,22)23/h2-10H,11H2,1H3,(H3,24,25,27,28). The van der Waals surface area contributed by atoms with Gasteiger partial charge in [-0.25, -0.2) is 4.98 Å². The van der Waals surface area contributed by atoms with Gasteiger partial charge in [-0.3, -0.25) is 4.57 Å². The number of nitrogens with zero attached hydrogens (tertiary/aromatic N) is 4. The highest BCUT2D eigenvalue weighted by Gasteiger charge is 2.30. The Morgan fingerprint density at radius 3 is 2.47 bits per heavy atom. The van der Waals surface area contributed by atoms with Crippen molar-refractivity contribution in [2.45, 2.75) is 12.8 Å². The van der Waals surface area contributed by atoms with E-state index in [0.29, 0.717) is 17.3 Å². The summed E-state index contributed by atoms with van der Waals surface area (Å²) in [4.78, 5) is 13.2. The molecule has 0 atom stereocenters. The minimum absolute atomic E-state index is 0.144. The van der Waals surface area contributed by atoms with Crippen molar-refractivity contribution in [1.29, 1.82) is 0 Å². The number of aromatic nitrogens is 4. The Bertz CT molecular complexity index is 1190. The molecule has 0 aliphatic rings. The van der Waals surface area contributed by atoms with Crippen molar-refractivity contribution in [2.24, 2.45) is 0 Å². The van der Waals surface area contributed by atoms with Gasteiger partial charge in [0.2, 0.25) is 5.95 Å². The number of nitrogen functional groups attached to an aromatic ring is 1. The number of para-hydroxylation sites is 2. The number of rotatable bonds is 5. The molecule has 0 aliphatic heterocycles. The number of nitrogens with two attached hydrogens (primary N) is 1. The zero-order chi connectivity index (χ0) is 21.3. The first-order chi connectivity index (χ1) is 14.3. The fourth-order valence-electron chi connectivity index (χ4n) is 3.05. The Balaban J connectivity index is 1.73. The first-order valence-electron chi connectivity index (χ1n) is 8.89. The lowest BCUT2D eigenvalue weighted by atomic mass is 10.2. The summed E-state index contributed by atoms with van der Waals surface area (Å²) in [6.45, 7) is 0.250. The molecule has 2 aromatic carbocycles. The number of alkyl halides is 3. The number of nitrogens with one attached hydrogen (secondary N) is 1. The second-order valence-electron chi connectivity index (χ2n) is 6.46. The Labute approximate surface area is 169 Å². The molecule has 0 unspecified atom stereocenters. The Hall–Kier alpha value is -3.66. The van der Waals surface area contributed by atoms with E-state index in [0.717, 1.165) is 23.2 Å². The van der Waals surface area contributed by atoms with Gasteiger partial charge in [-0.05, 0) is 36.4 Å². The summed E-state index contributed by atoms with van der Waals surface area (Å²) in [6, 6.07) is 13.7. The summed E-state index contributed by atoms with van der Waals surface area (Å²) < 4.78 is 45.3. The normalized spacial score (nSPS) is 11.7. The maximum Gasteiger partial charge on any atom is 0.416 e. The molecule has 0 spiro atoms. The van der Waals surface area contributed by atoms with E-state index in [-0.39, 0.29) is 18.4 Å². The predicted molar refractivity (Wildman–Crippen MR) is 107 cm³/mol. The number of halogens is 3. The average Bonchev–Trinajstić information content (AvgIpc) is 3.05. The van der Waals surface area contributed by atoms with Crippen LogP contribution in [0.15, 0.2) is 54.6 Å². The van der Waals surface area contributed by atoms with E-state index in [4.69, 9.17) is 10.5 Å². The molecule has 30 heavy (non-hydrogen) atoms. The van der Waals surface area contributed by atoms with Crippen molar-refractivity contribution in [2.75, 3.05) is 18.2 Å². The number of anilines is 3. The Morgan fingerprint density at radius 2 is 1.77 bits per heavy atom. The van der Waals surface area contributed by atoms with Crippen LogP contribution < -0.4 is 11.1 Å². The molecular weight excluding hydrogens is 397 g/mol. The molecule has 0 aliphatic carbocycles. The highest BCUT2D eigenvalue weighted by molar-refractivity contribution is 5.78. The second-order valence-corrected chi connectivity index (χ2v) is 6.46. The van der Waals surface area contributed by atoms with Crippen LogP contribution in [0.5, 0.6) is 0 Å². The van der Waals surface area contributed by atoms with Crippen molar-refractivity contribution in [3.8, 4) is 5.82 Å². The van der Waals surface area contributed by atoms with Gasteiger partial charge in [0.05, 0.1) is 16.6 Å². The van der Waals surface area contributed by atoms with Crippen molar-refractivity contribution < 1.29 is 17.9 Å². The molecule has 0 radical (unpaired) electrons. The van der Waals surface area contributed by atoms with E-state index in [1.807, 2.05) is 24.3 Å². The summed E-state index contributed by atoms with van der Waals surface area (Å²) >= 11 is 0. The SMILES string of the molecule is COCc1nc2ccccc2n1-c1cc(N)nc(Nc2ccc(C(F)(F)F)cc2)n1. The van der Waals surface area contributed by atoms with Gasteiger partial charge in [0.25, 0.3) is 0 Å². The summed E-state index contributed by atoms with van der Waals surface area (Å²) in [5.41, 5.74) is 7.19. The van der Waals surface area contributed by atoms with Crippen LogP contribution in [0.25, 0.3) is 16.9 Å². The van der Waals surface area contributed by atoms with Gasteiger partial charge >= 0.3 is 6.18 Å². The molecular formula is C20H17F3N6O. The maximum atomic E-state index is 12.8. The third kappa shape index (κ3) is 3.90. The lowest BCUT2D eigenvalue weighted by molar-refractivity contribution is -0.137. The van der Waals surface area contributed by atoms with Crippen LogP contribution in [0.1, 0.15) is 11.4 Å². The number of imidazole rings is 1. The van der Waals surface area contributed by atoms with Crippen LogP contribution in [-0.4, -0.2) is 26.6 Å². The molecule has 7 nitrogen and oxygen atoms in total. The lowest BCUT2D eigenvalue weighted by Crippen LogP contribution is -2.09. The highest BCUT2D eigenvalue weighted by Crippen LogP contribution is 2.30. The molecule has 0 fully saturated rings. The summed E-state index contributed by atoms with van der Waals surface area (Å²) in [7, 11) is 1.57. The lowest BCUT2D eigenvalue weighted by Gasteiger charge is -2.12. The molecule has 2 aromatic heterocycles. The third-order valence-electron chi connectivity index (χ3n) is 4.33. The number of methoxy groups -OCH3 is 1. The Morgan fingerprint density at radius 1 is 1.03 bits per heavy atom. The van der Waals surface area contributed by atoms with E-state index in [2.05, 4.69) is 20.3 Å². The van der Waals surface area contributed by atoms with Gasteiger partial charge in [0.1, 0.15) is 24.1 Å². The number of ether oxygens (including phenoxy) is 1. The minimum atomic E-state index is -4.40. The smallest absolute Gasteiger partial charge is 0.383 e. The number of hydrogen-bond acceptors (Lipinski definition) is 6. The predicted octanol–water partition coefficient (Wildman–Crippen LogP) is 4.31. The van der Waals surface area contributed by atoms with Gasteiger partial charge in [-0.15, -0.1) is 0 Å². The summed E-state index contributed by atoms with van der Waals surface area (Å²) in [5.74, 6) is 1.41. The van der Waals surface area contributed by atoms with Gasteiger partial charge in [0.15, 0.2) is 0 Å². The zero-order valence-corrected chi connectivity index (χ0v) is 15.8.